The first-order chi connectivity index (χ1) is 6.57. The second kappa shape index (κ2) is 4.28. The van der Waals surface area contributed by atoms with Gasteiger partial charge in [-0.05, 0) is 26.3 Å². The number of hydrazine groups is 1. The lowest BCUT2D eigenvalue weighted by molar-refractivity contribution is 0.0992. The van der Waals surface area contributed by atoms with E-state index < -0.39 is 0 Å². The lowest BCUT2D eigenvalue weighted by atomic mass is 10.1. The maximum absolute atomic E-state index is 5.69. The van der Waals surface area contributed by atoms with Crippen LogP contribution in [0.1, 0.15) is 27.2 Å². The fourth-order valence-corrected chi connectivity index (χ4v) is 0.907. The summed E-state index contributed by atoms with van der Waals surface area (Å²) in [4.78, 5) is 4.17. The van der Waals surface area contributed by atoms with Crippen molar-refractivity contribution in [2.75, 3.05) is 5.43 Å². The molecule has 4 heteroatoms. The molecule has 0 aliphatic carbocycles. The Morgan fingerprint density at radius 1 is 1.50 bits per heavy atom. The predicted molar refractivity (Wildman–Crippen MR) is 57.0 cm³/mol. The van der Waals surface area contributed by atoms with Gasteiger partial charge in [0.25, 0.3) is 0 Å². The minimum atomic E-state index is -0.194. The van der Waals surface area contributed by atoms with Gasteiger partial charge in [-0.15, -0.1) is 0 Å². The minimum absolute atomic E-state index is 0.194. The minimum Gasteiger partial charge on any atom is -0.472 e. The van der Waals surface area contributed by atoms with Gasteiger partial charge in [-0.1, -0.05) is 13.0 Å². The quantitative estimate of drug-likeness (QED) is 0.569. The van der Waals surface area contributed by atoms with E-state index >= 15 is 0 Å². The van der Waals surface area contributed by atoms with Gasteiger partial charge in [-0.3, -0.25) is 0 Å². The van der Waals surface area contributed by atoms with Gasteiger partial charge in [-0.25, -0.2) is 5.84 Å². The highest BCUT2D eigenvalue weighted by Gasteiger charge is 2.17. The number of nitrogen functional groups attached to an aromatic ring is 1. The van der Waals surface area contributed by atoms with E-state index in [1.807, 2.05) is 26.0 Å². The SMILES string of the molecule is CCC(C)(C)Oc1cccc(NN)n1. The molecule has 0 radical (unpaired) electrons. The van der Waals surface area contributed by atoms with Gasteiger partial charge in [0.2, 0.25) is 5.88 Å². The topological polar surface area (TPSA) is 60.2 Å². The van der Waals surface area contributed by atoms with Crippen molar-refractivity contribution in [2.24, 2.45) is 5.84 Å². The van der Waals surface area contributed by atoms with Crippen LogP contribution in [0.3, 0.4) is 0 Å². The lowest BCUT2D eigenvalue weighted by Gasteiger charge is -2.24. The normalized spacial score (nSPS) is 11.1. The van der Waals surface area contributed by atoms with Crippen molar-refractivity contribution in [1.82, 2.24) is 4.98 Å². The number of hydrogen-bond donors (Lipinski definition) is 2. The number of nitrogens with one attached hydrogen (secondary N) is 1. The van der Waals surface area contributed by atoms with Crippen LogP contribution >= 0.6 is 0 Å². The van der Waals surface area contributed by atoms with Crippen molar-refractivity contribution in [3.8, 4) is 5.88 Å². The summed E-state index contributed by atoms with van der Waals surface area (Å²) >= 11 is 0. The molecule has 0 atom stereocenters. The fourth-order valence-electron chi connectivity index (χ4n) is 0.907. The van der Waals surface area contributed by atoms with E-state index in [9.17, 15) is 0 Å². The van der Waals surface area contributed by atoms with Crippen LogP contribution in [0, 0.1) is 0 Å². The molecule has 78 valence electrons. The molecule has 0 unspecified atom stereocenters. The third-order valence-corrected chi connectivity index (χ3v) is 2.10. The van der Waals surface area contributed by atoms with Crippen LogP contribution in [0.2, 0.25) is 0 Å². The van der Waals surface area contributed by atoms with Gasteiger partial charge in [0.15, 0.2) is 0 Å². The monoisotopic (exact) mass is 195 g/mol. The largest absolute Gasteiger partial charge is 0.472 e. The van der Waals surface area contributed by atoms with Gasteiger partial charge in [-0.2, -0.15) is 4.98 Å². The van der Waals surface area contributed by atoms with Crippen molar-refractivity contribution in [3.63, 3.8) is 0 Å². The van der Waals surface area contributed by atoms with E-state index in [1.54, 1.807) is 6.07 Å². The number of hydrogen-bond acceptors (Lipinski definition) is 4. The Hall–Kier alpha value is -1.29. The summed E-state index contributed by atoms with van der Waals surface area (Å²) in [5.41, 5.74) is 2.29. The van der Waals surface area contributed by atoms with Gasteiger partial charge >= 0.3 is 0 Å². The number of nitrogens with zero attached hydrogens (tertiary/aromatic N) is 1. The number of aromatic nitrogens is 1. The summed E-state index contributed by atoms with van der Waals surface area (Å²) in [5.74, 6) is 6.44. The Morgan fingerprint density at radius 2 is 2.21 bits per heavy atom. The summed E-state index contributed by atoms with van der Waals surface area (Å²) in [6, 6.07) is 5.45. The lowest BCUT2D eigenvalue weighted by Crippen LogP contribution is -2.27. The highest BCUT2D eigenvalue weighted by Crippen LogP contribution is 2.19. The molecule has 0 spiro atoms. The number of ether oxygens (including phenoxy) is 1. The highest BCUT2D eigenvalue weighted by molar-refractivity contribution is 5.35. The third kappa shape index (κ3) is 2.88. The zero-order valence-corrected chi connectivity index (χ0v) is 8.87. The predicted octanol–water partition coefficient (Wildman–Crippen LogP) is 1.93. The molecule has 0 saturated heterocycles. The molecule has 0 aliphatic heterocycles. The first-order valence-corrected chi connectivity index (χ1v) is 4.70. The zero-order valence-electron chi connectivity index (χ0n) is 8.87. The molecule has 1 rings (SSSR count). The van der Waals surface area contributed by atoms with Crippen LogP contribution in [0.5, 0.6) is 5.88 Å². The Morgan fingerprint density at radius 3 is 2.79 bits per heavy atom. The van der Waals surface area contributed by atoms with Crippen LogP contribution in [-0.4, -0.2) is 10.6 Å². The molecular formula is C10H17N3O. The molecule has 1 aromatic rings. The van der Waals surface area contributed by atoms with E-state index in [0.717, 1.165) is 6.42 Å². The Labute approximate surface area is 84.4 Å². The molecule has 1 heterocycles. The Balaban J connectivity index is 2.76. The molecular weight excluding hydrogens is 178 g/mol. The molecule has 0 saturated carbocycles. The average Bonchev–Trinajstić information content (AvgIpc) is 2.17. The van der Waals surface area contributed by atoms with E-state index in [4.69, 9.17) is 10.6 Å². The average molecular weight is 195 g/mol. The molecule has 0 aromatic carbocycles. The standard InChI is InChI=1S/C10H17N3O/c1-4-10(2,3)14-9-7-5-6-8(12-9)13-11/h5-7H,4,11H2,1-3H3,(H,12,13). The number of nitrogens with two attached hydrogens (primary N) is 1. The van der Waals surface area contributed by atoms with Crippen LogP contribution in [-0.2, 0) is 0 Å². The van der Waals surface area contributed by atoms with Crippen molar-refractivity contribution in [1.29, 1.82) is 0 Å². The van der Waals surface area contributed by atoms with Crippen LogP contribution in [0.15, 0.2) is 18.2 Å². The summed E-state index contributed by atoms with van der Waals surface area (Å²) in [6.45, 7) is 6.12. The van der Waals surface area contributed by atoms with Crippen molar-refractivity contribution in [2.45, 2.75) is 32.8 Å². The Bertz CT molecular complexity index is 299. The number of pyridine rings is 1. The van der Waals surface area contributed by atoms with E-state index in [-0.39, 0.29) is 5.60 Å². The number of rotatable bonds is 4. The molecule has 1 aromatic heterocycles. The second-order valence-corrected chi connectivity index (χ2v) is 3.72. The van der Waals surface area contributed by atoms with Crippen molar-refractivity contribution >= 4 is 5.82 Å². The second-order valence-electron chi connectivity index (χ2n) is 3.72. The molecule has 3 N–H and O–H groups in total. The van der Waals surface area contributed by atoms with Crippen molar-refractivity contribution in [3.05, 3.63) is 18.2 Å². The maximum Gasteiger partial charge on any atom is 0.215 e. The molecule has 0 bridgehead atoms. The molecule has 0 amide bonds. The molecule has 14 heavy (non-hydrogen) atoms. The first kappa shape index (κ1) is 10.8. The van der Waals surface area contributed by atoms with Gasteiger partial charge in [0.1, 0.15) is 11.4 Å². The van der Waals surface area contributed by atoms with Crippen LogP contribution < -0.4 is 16.0 Å². The van der Waals surface area contributed by atoms with E-state index in [0.29, 0.717) is 11.7 Å². The summed E-state index contributed by atoms with van der Waals surface area (Å²) < 4.78 is 5.69. The third-order valence-electron chi connectivity index (χ3n) is 2.10. The van der Waals surface area contributed by atoms with E-state index in [1.165, 1.54) is 0 Å². The van der Waals surface area contributed by atoms with Gasteiger partial charge in [0, 0.05) is 6.07 Å². The smallest absolute Gasteiger partial charge is 0.215 e. The molecule has 0 fully saturated rings. The first-order valence-electron chi connectivity index (χ1n) is 4.70. The highest BCUT2D eigenvalue weighted by atomic mass is 16.5. The molecule has 0 aliphatic rings. The summed E-state index contributed by atoms with van der Waals surface area (Å²) in [6.07, 6.45) is 0.926. The van der Waals surface area contributed by atoms with Gasteiger partial charge in [0.05, 0.1) is 0 Å². The Kier molecular flexibility index (Phi) is 3.30. The fraction of sp³-hybridized carbons (Fsp3) is 0.500. The van der Waals surface area contributed by atoms with Crippen molar-refractivity contribution < 1.29 is 4.74 Å². The zero-order chi connectivity index (χ0) is 10.6. The van der Waals surface area contributed by atoms with Crippen LogP contribution in [0.25, 0.3) is 0 Å². The van der Waals surface area contributed by atoms with E-state index in [2.05, 4.69) is 17.3 Å². The maximum atomic E-state index is 5.69. The summed E-state index contributed by atoms with van der Waals surface area (Å²) in [5, 5.41) is 0. The number of anilines is 1. The van der Waals surface area contributed by atoms with Crippen LogP contribution in [0.4, 0.5) is 5.82 Å². The summed E-state index contributed by atoms with van der Waals surface area (Å²) in [7, 11) is 0. The molecule has 4 nitrogen and oxygen atoms in total. The van der Waals surface area contributed by atoms with Gasteiger partial charge < -0.3 is 10.2 Å².